The highest BCUT2D eigenvalue weighted by Crippen LogP contribution is 2.37. The Balaban J connectivity index is 1.44. The largest absolute Gasteiger partial charge is 0.332 e. The molecule has 1 unspecified atom stereocenters. The van der Waals surface area contributed by atoms with Gasteiger partial charge in [0.1, 0.15) is 12.3 Å². The Hall–Kier alpha value is -4.20. The molecule has 0 spiro atoms. The summed E-state index contributed by atoms with van der Waals surface area (Å²) in [5.74, 6) is 0.743. The Morgan fingerprint density at radius 3 is 2.63 bits per heavy atom. The van der Waals surface area contributed by atoms with E-state index in [1.807, 2.05) is 64.1 Å². The summed E-state index contributed by atoms with van der Waals surface area (Å²) in [4.78, 5) is 38.1. The predicted octanol–water partition coefficient (Wildman–Crippen LogP) is 2.96. The number of carbonyl (C=O) groups is 1. The van der Waals surface area contributed by atoms with Gasteiger partial charge in [-0.2, -0.15) is 0 Å². The van der Waals surface area contributed by atoms with E-state index in [4.69, 9.17) is 4.98 Å². The highest BCUT2D eigenvalue weighted by molar-refractivity contribution is 5.84. The summed E-state index contributed by atoms with van der Waals surface area (Å²) in [6.45, 7) is 0.518. The van der Waals surface area contributed by atoms with Crippen molar-refractivity contribution >= 4 is 40.1 Å². The van der Waals surface area contributed by atoms with E-state index in [0.717, 1.165) is 29.0 Å². The molecule has 0 bridgehead atoms. The van der Waals surface area contributed by atoms with E-state index < -0.39 is 0 Å². The molecule has 8 heteroatoms. The Morgan fingerprint density at radius 2 is 1.80 bits per heavy atom. The van der Waals surface area contributed by atoms with Crippen LogP contribution in [0.1, 0.15) is 6.04 Å². The summed E-state index contributed by atoms with van der Waals surface area (Å²) in [6.07, 6.45) is 2.62. The number of benzene rings is 2. The van der Waals surface area contributed by atoms with Crippen LogP contribution in [0.5, 0.6) is 0 Å². The van der Waals surface area contributed by atoms with Crippen LogP contribution in [0, 0.1) is 0 Å². The summed E-state index contributed by atoms with van der Waals surface area (Å²) in [5, 5.41) is 0. The number of carbonyl (C=O) groups excluding carboxylic acids is 1. The van der Waals surface area contributed by atoms with Gasteiger partial charge in [-0.15, -0.1) is 0 Å². The number of para-hydroxylation sites is 2. The Morgan fingerprint density at radius 1 is 1.00 bits per heavy atom. The van der Waals surface area contributed by atoms with E-state index in [9.17, 15) is 9.59 Å². The molecule has 3 aromatic heterocycles. The van der Waals surface area contributed by atoms with Gasteiger partial charge in [0.2, 0.25) is 5.95 Å². The maximum atomic E-state index is 12.4. The number of nitrogens with one attached hydrogen (secondary N) is 1. The van der Waals surface area contributed by atoms with Gasteiger partial charge in [0.15, 0.2) is 5.65 Å². The van der Waals surface area contributed by atoms with Gasteiger partial charge in [0, 0.05) is 11.9 Å². The molecule has 30 heavy (non-hydrogen) atoms. The third-order valence-electron chi connectivity index (χ3n) is 5.54. The molecule has 4 heterocycles. The molecule has 8 nitrogen and oxygen atoms in total. The third kappa shape index (κ3) is 2.27. The summed E-state index contributed by atoms with van der Waals surface area (Å²) >= 11 is 0. The zero-order chi connectivity index (χ0) is 20.2. The van der Waals surface area contributed by atoms with Crippen LogP contribution in [0.2, 0.25) is 0 Å². The van der Waals surface area contributed by atoms with Gasteiger partial charge < -0.3 is 14.7 Å². The number of H-pyrrole nitrogens is 1. The highest BCUT2D eigenvalue weighted by Gasteiger charge is 2.32. The van der Waals surface area contributed by atoms with Crippen LogP contribution in [0.15, 0.2) is 71.7 Å². The zero-order valence-corrected chi connectivity index (χ0v) is 15.8. The summed E-state index contributed by atoms with van der Waals surface area (Å²) in [5.41, 5.74) is 4.46. The molecule has 1 aliphatic heterocycles. The van der Waals surface area contributed by atoms with E-state index in [1.54, 1.807) is 16.8 Å². The first-order chi connectivity index (χ1) is 14.7. The predicted molar refractivity (Wildman–Crippen MR) is 114 cm³/mol. The molecule has 0 fully saturated rings. The molecule has 1 N–H and O–H groups in total. The maximum Gasteiger partial charge on any atom is 0.332 e. The Bertz CT molecular complexity index is 1480. The smallest absolute Gasteiger partial charge is 0.309 e. The number of aromatic nitrogens is 5. The second-order valence-corrected chi connectivity index (χ2v) is 7.24. The molecule has 2 aromatic carbocycles. The van der Waals surface area contributed by atoms with Gasteiger partial charge >= 0.3 is 5.69 Å². The second-order valence-electron chi connectivity index (χ2n) is 7.24. The van der Waals surface area contributed by atoms with Gasteiger partial charge in [0.25, 0.3) is 0 Å². The minimum absolute atomic E-state index is 0.236. The van der Waals surface area contributed by atoms with Crippen molar-refractivity contribution < 1.29 is 4.79 Å². The standard InChI is InChI=1S/C22H16N6O2/c29-13-16-12-26(21-24-17-4-1-2-6-19(17)27(16)21)14-7-9-15(10-8-14)28-20-18(25-22(28)30)5-3-11-23-20/h1-11,13,16H,12H2,(H,25,30). The zero-order valence-electron chi connectivity index (χ0n) is 15.8. The molecule has 0 amide bonds. The summed E-state index contributed by atoms with van der Waals surface area (Å²) in [7, 11) is 0. The van der Waals surface area contributed by atoms with Gasteiger partial charge in [-0.1, -0.05) is 12.1 Å². The number of imidazole rings is 2. The van der Waals surface area contributed by atoms with Crippen molar-refractivity contribution in [1.82, 2.24) is 24.1 Å². The van der Waals surface area contributed by atoms with Crippen molar-refractivity contribution in [3.8, 4) is 5.69 Å². The van der Waals surface area contributed by atoms with Gasteiger partial charge in [-0.25, -0.2) is 19.3 Å². The lowest BCUT2D eigenvalue weighted by molar-refractivity contribution is -0.109. The first-order valence-electron chi connectivity index (χ1n) is 9.60. The number of hydrogen-bond donors (Lipinski definition) is 1. The molecular weight excluding hydrogens is 380 g/mol. The number of rotatable bonds is 3. The van der Waals surface area contributed by atoms with Crippen molar-refractivity contribution in [3.05, 3.63) is 77.3 Å². The molecule has 6 rings (SSSR count). The lowest BCUT2D eigenvalue weighted by Crippen LogP contribution is -2.18. The fourth-order valence-corrected chi connectivity index (χ4v) is 4.19. The fraction of sp³-hybridized carbons (Fsp3) is 0.0909. The van der Waals surface area contributed by atoms with Crippen molar-refractivity contribution in [3.63, 3.8) is 0 Å². The molecule has 0 aliphatic carbocycles. The van der Waals surface area contributed by atoms with E-state index in [-0.39, 0.29) is 11.7 Å². The molecule has 0 radical (unpaired) electrons. The van der Waals surface area contributed by atoms with Crippen LogP contribution in [-0.2, 0) is 4.79 Å². The van der Waals surface area contributed by atoms with Crippen molar-refractivity contribution in [2.75, 3.05) is 11.4 Å². The Labute approximate surface area is 170 Å². The lowest BCUT2D eigenvalue weighted by atomic mass is 10.2. The fourth-order valence-electron chi connectivity index (χ4n) is 4.19. The number of hydrogen-bond acceptors (Lipinski definition) is 5. The first-order valence-corrected chi connectivity index (χ1v) is 9.60. The Kier molecular flexibility index (Phi) is 3.43. The van der Waals surface area contributed by atoms with Crippen LogP contribution >= 0.6 is 0 Å². The van der Waals surface area contributed by atoms with Gasteiger partial charge in [0.05, 0.1) is 28.8 Å². The highest BCUT2D eigenvalue weighted by atomic mass is 16.1. The second kappa shape index (κ2) is 6.15. The number of aromatic amines is 1. The molecule has 1 aliphatic rings. The molecule has 1 atom stereocenters. The van der Waals surface area contributed by atoms with Crippen molar-refractivity contribution in [2.45, 2.75) is 6.04 Å². The molecule has 0 saturated carbocycles. The summed E-state index contributed by atoms with van der Waals surface area (Å²) in [6, 6.07) is 18.7. The molecular formula is C22H16N6O2. The van der Waals surface area contributed by atoms with E-state index in [2.05, 4.69) is 9.97 Å². The SMILES string of the molecule is O=CC1CN(c2ccc(-n3c(=O)[nH]c4cccnc43)cc2)c2nc3ccccc3n21. The number of pyridine rings is 1. The third-order valence-corrected chi connectivity index (χ3v) is 5.54. The van der Waals surface area contributed by atoms with Crippen LogP contribution in [0.4, 0.5) is 11.6 Å². The van der Waals surface area contributed by atoms with E-state index in [1.165, 1.54) is 0 Å². The van der Waals surface area contributed by atoms with Gasteiger partial charge in [-0.3, -0.25) is 4.57 Å². The first kappa shape index (κ1) is 16.7. The van der Waals surface area contributed by atoms with Crippen LogP contribution in [0.3, 0.4) is 0 Å². The van der Waals surface area contributed by atoms with Crippen LogP contribution in [0.25, 0.3) is 27.9 Å². The minimum atomic E-state index is -0.299. The quantitative estimate of drug-likeness (QED) is 0.474. The maximum absolute atomic E-state index is 12.4. The average Bonchev–Trinajstić information content (AvgIpc) is 3.43. The number of anilines is 2. The number of nitrogens with zero attached hydrogens (tertiary/aromatic N) is 5. The van der Waals surface area contributed by atoms with Crippen molar-refractivity contribution in [2.24, 2.45) is 0 Å². The number of fused-ring (bicyclic) bond motifs is 4. The van der Waals surface area contributed by atoms with Gasteiger partial charge in [-0.05, 0) is 48.5 Å². The van der Waals surface area contributed by atoms with Crippen LogP contribution < -0.4 is 10.6 Å². The minimum Gasteiger partial charge on any atom is -0.309 e. The molecule has 146 valence electrons. The lowest BCUT2D eigenvalue weighted by Gasteiger charge is -2.17. The van der Waals surface area contributed by atoms with Crippen molar-refractivity contribution in [1.29, 1.82) is 0 Å². The molecule has 5 aromatic rings. The molecule has 0 saturated heterocycles. The monoisotopic (exact) mass is 396 g/mol. The van der Waals surface area contributed by atoms with E-state index >= 15 is 0 Å². The summed E-state index contributed by atoms with van der Waals surface area (Å²) < 4.78 is 3.52. The topological polar surface area (TPSA) is 88.8 Å². The normalized spacial score (nSPS) is 15.7. The van der Waals surface area contributed by atoms with E-state index in [0.29, 0.717) is 23.4 Å². The average molecular weight is 396 g/mol. The van der Waals surface area contributed by atoms with Crippen LogP contribution in [-0.4, -0.2) is 36.9 Å². The number of aldehydes is 1.